The summed E-state index contributed by atoms with van der Waals surface area (Å²) in [4.78, 5) is -0.151. The van der Waals surface area contributed by atoms with Crippen molar-refractivity contribution in [3.63, 3.8) is 0 Å². The minimum atomic E-state index is -0.151. The van der Waals surface area contributed by atoms with E-state index in [1.54, 1.807) is 21.3 Å². The van der Waals surface area contributed by atoms with Crippen LogP contribution in [0.2, 0.25) is 5.02 Å². The fourth-order valence-electron chi connectivity index (χ4n) is 2.12. The molecule has 2 rings (SSSR count). The van der Waals surface area contributed by atoms with Gasteiger partial charge in [-0.05, 0) is 11.6 Å². The smallest absolute Gasteiger partial charge is 0.130 e. The second kappa shape index (κ2) is 7.05. The van der Waals surface area contributed by atoms with Gasteiger partial charge in [0.2, 0.25) is 0 Å². The van der Waals surface area contributed by atoms with Crippen molar-refractivity contribution in [1.29, 1.82) is 0 Å². The third-order valence-electron chi connectivity index (χ3n) is 3.18. The lowest BCUT2D eigenvalue weighted by molar-refractivity contribution is 0.369. The van der Waals surface area contributed by atoms with Gasteiger partial charge in [-0.25, -0.2) is 0 Å². The van der Waals surface area contributed by atoms with Crippen LogP contribution < -0.4 is 14.2 Å². The Morgan fingerprint density at radius 1 is 0.952 bits per heavy atom. The molecule has 2 aromatic rings. The monoisotopic (exact) mass is 370 g/mol. The lowest BCUT2D eigenvalue weighted by Gasteiger charge is -2.20. The Labute approximate surface area is 137 Å². The molecule has 1 atom stereocenters. The van der Waals surface area contributed by atoms with Crippen LogP contribution in [0.5, 0.6) is 17.2 Å². The normalized spacial score (nSPS) is 11.9. The molecule has 0 saturated carbocycles. The molecular formula is C16H16BrClO3. The van der Waals surface area contributed by atoms with Crippen molar-refractivity contribution in [1.82, 2.24) is 0 Å². The van der Waals surface area contributed by atoms with Crippen LogP contribution >= 0.6 is 27.5 Å². The van der Waals surface area contributed by atoms with Crippen molar-refractivity contribution in [2.24, 2.45) is 0 Å². The predicted molar refractivity (Wildman–Crippen MR) is 88.3 cm³/mol. The number of ether oxygens (including phenoxy) is 3. The summed E-state index contributed by atoms with van der Waals surface area (Å²) in [6.45, 7) is 0. The molecule has 1 unspecified atom stereocenters. The Morgan fingerprint density at radius 2 is 1.52 bits per heavy atom. The first-order valence-electron chi connectivity index (χ1n) is 6.30. The van der Waals surface area contributed by atoms with E-state index in [2.05, 4.69) is 15.9 Å². The van der Waals surface area contributed by atoms with Gasteiger partial charge >= 0.3 is 0 Å². The van der Waals surface area contributed by atoms with Crippen LogP contribution in [-0.2, 0) is 0 Å². The van der Waals surface area contributed by atoms with Crippen LogP contribution in [0.15, 0.2) is 36.4 Å². The van der Waals surface area contributed by atoms with Crippen molar-refractivity contribution >= 4 is 27.5 Å². The van der Waals surface area contributed by atoms with Crippen LogP contribution in [0.4, 0.5) is 0 Å². The average molecular weight is 372 g/mol. The number of rotatable bonds is 5. The largest absolute Gasteiger partial charge is 0.496 e. The van der Waals surface area contributed by atoms with Gasteiger partial charge in [0.15, 0.2) is 0 Å². The standard InChI is InChI=1S/C16H16BrClO3/c1-19-10-8-13(20-2)15(14(9-10)21-3)16(17)11-6-4-5-7-12(11)18/h4-9,16H,1-3H3. The van der Waals surface area contributed by atoms with E-state index in [4.69, 9.17) is 25.8 Å². The molecule has 0 aliphatic heterocycles. The molecule has 0 aliphatic carbocycles. The maximum absolute atomic E-state index is 6.28. The molecule has 0 spiro atoms. The molecule has 3 nitrogen and oxygen atoms in total. The van der Waals surface area contributed by atoms with Crippen LogP contribution in [0.3, 0.4) is 0 Å². The molecule has 0 heterocycles. The molecule has 0 aliphatic rings. The first kappa shape index (κ1) is 16.0. The van der Waals surface area contributed by atoms with Crippen LogP contribution in [0, 0.1) is 0 Å². The summed E-state index contributed by atoms with van der Waals surface area (Å²) in [5, 5.41) is 0.680. The molecule has 0 fully saturated rings. The summed E-state index contributed by atoms with van der Waals surface area (Å²) in [6.07, 6.45) is 0. The fourth-order valence-corrected chi connectivity index (χ4v) is 3.35. The fraction of sp³-hybridized carbons (Fsp3) is 0.250. The quantitative estimate of drug-likeness (QED) is 0.703. The number of alkyl halides is 1. The Kier molecular flexibility index (Phi) is 5.37. The van der Waals surface area contributed by atoms with Crippen LogP contribution in [-0.4, -0.2) is 21.3 Å². The number of benzene rings is 2. The van der Waals surface area contributed by atoms with E-state index in [1.165, 1.54) is 0 Å². The summed E-state index contributed by atoms with van der Waals surface area (Å²) >= 11 is 9.97. The topological polar surface area (TPSA) is 27.7 Å². The Hall–Kier alpha value is -1.39. The zero-order valence-electron chi connectivity index (χ0n) is 12.0. The zero-order chi connectivity index (χ0) is 15.4. The summed E-state index contributed by atoms with van der Waals surface area (Å²) in [5.41, 5.74) is 1.81. The summed E-state index contributed by atoms with van der Waals surface area (Å²) < 4.78 is 16.2. The van der Waals surface area contributed by atoms with Gasteiger partial charge in [-0.3, -0.25) is 0 Å². The molecule has 21 heavy (non-hydrogen) atoms. The van der Waals surface area contributed by atoms with Crippen LogP contribution in [0.25, 0.3) is 0 Å². The summed E-state index contributed by atoms with van der Waals surface area (Å²) in [7, 11) is 4.83. The van der Waals surface area contributed by atoms with Crippen LogP contribution in [0.1, 0.15) is 16.0 Å². The third-order valence-corrected chi connectivity index (χ3v) is 4.48. The molecule has 0 N–H and O–H groups in total. The molecule has 2 aromatic carbocycles. The lowest BCUT2D eigenvalue weighted by Crippen LogP contribution is -2.02. The van der Waals surface area contributed by atoms with Crippen molar-refractivity contribution in [2.75, 3.05) is 21.3 Å². The van der Waals surface area contributed by atoms with E-state index in [1.807, 2.05) is 36.4 Å². The average Bonchev–Trinajstić information content (AvgIpc) is 2.53. The molecule has 0 amide bonds. The SMILES string of the molecule is COc1cc(OC)c(C(Br)c2ccccc2Cl)c(OC)c1. The highest BCUT2D eigenvalue weighted by atomic mass is 79.9. The first-order chi connectivity index (χ1) is 10.1. The summed E-state index contributed by atoms with van der Waals surface area (Å²) in [6, 6.07) is 11.3. The molecule has 0 bridgehead atoms. The number of hydrogen-bond acceptors (Lipinski definition) is 3. The molecule has 0 saturated heterocycles. The van der Waals surface area contributed by atoms with Crippen molar-refractivity contribution < 1.29 is 14.2 Å². The maximum Gasteiger partial charge on any atom is 0.130 e. The maximum atomic E-state index is 6.28. The lowest BCUT2D eigenvalue weighted by atomic mass is 10.0. The van der Waals surface area contributed by atoms with Crippen molar-refractivity contribution in [3.05, 3.63) is 52.5 Å². The van der Waals surface area contributed by atoms with Gasteiger partial charge < -0.3 is 14.2 Å². The van der Waals surface area contributed by atoms with Crippen molar-refractivity contribution in [3.8, 4) is 17.2 Å². The highest BCUT2D eigenvalue weighted by Crippen LogP contribution is 2.46. The van der Waals surface area contributed by atoms with Gasteiger partial charge in [0.25, 0.3) is 0 Å². The Morgan fingerprint density at radius 3 is 2.00 bits per heavy atom. The number of hydrogen-bond donors (Lipinski definition) is 0. The van der Waals surface area contributed by atoms with E-state index in [-0.39, 0.29) is 4.83 Å². The molecule has 0 aromatic heterocycles. The van der Waals surface area contributed by atoms with Gasteiger partial charge in [0.1, 0.15) is 17.2 Å². The first-order valence-corrected chi connectivity index (χ1v) is 7.60. The molecule has 112 valence electrons. The van der Waals surface area contributed by atoms with Gasteiger partial charge in [-0.15, -0.1) is 0 Å². The highest BCUT2D eigenvalue weighted by Gasteiger charge is 2.23. The van der Waals surface area contributed by atoms with Gasteiger partial charge in [0, 0.05) is 17.2 Å². The van der Waals surface area contributed by atoms with Gasteiger partial charge in [-0.1, -0.05) is 45.7 Å². The van der Waals surface area contributed by atoms with Gasteiger partial charge in [0.05, 0.1) is 31.7 Å². The van der Waals surface area contributed by atoms with Crippen molar-refractivity contribution in [2.45, 2.75) is 4.83 Å². The summed E-state index contributed by atoms with van der Waals surface area (Å²) in [5.74, 6) is 2.02. The number of halogens is 2. The highest BCUT2D eigenvalue weighted by molar-refractivity contribution is 9.09. The van der Waals surface area contributed by atoms with E-state index >= 15 is 0 Å². The molecule has 0 radical (unpaired) electrons. The zero-order valence-corrected chi connectivity index (χ0v) is 14.4. The third kappa shape index (κ3) is 3.27. The van der Waals surface area contributed by atoms with E-state index < -0.39 is 0 Å². The second-order valence-electron chi connectivity index (χ2n) is 4.33. The van der Waals surface area contributed by atoms with E-state index in [9.17, 15) is 0 Å². The van der Waals surface area contributed by atoms with E-state index in [0.29, 0.717) is 22.3 Å². The van der Waals surface area contributed by atoms with E-state index in [0.717, 1.165) is 11.1 Å². The molecular weight excluding hydrogens is 356 g/mol. The van der Waals surface area contributed by atoms with Gasteiger partial charge in [-0.2, -0.15) is 0 Å². The second-order valence-corrected chi connectivity index (χ2v) is 5.65. The number of methoxy groups -OCH3 is 3. The Bertz CT molecular complexity index is 606. The Balaban J connectivity index is 2.59. The minimum Gasteiger partial charge on any atom is -0.496 e. The predicted octanol–water partition coefficient (Wildman–Crippen LogP) is 4.85. The molecule has 5 heteroatoms. The minimum absolute atomic E-state index is 0.151.